The molecule has 0 spiro atoms. The van der Waals surface area contributed by atoms with Crippen LogP contribution in [-0.4, -0.2) is 79.0 Å². The number of rotatable bonds is 5. The fourth-order valence-corrected chi connectivity index (χ4v) is 5.86. The molecule has 1 N–H and O–H groups in total. The van der Waals surface area contributed by atoms with E-state index in [1.165, 1.54) is 39.5 Å². The van der Waals surface area contributed by atoms with Crippen molar-refractivity contribution in [2.75, 3.05) is 33.2 Å². The van der Waals surface area contributed by atoms with Gasteiger partial charge in [0.25, 0.3) is 11.5 Å². The zero-order valence-electron chi connectivity index (χ0n) is 22.5. The molecule has 2 aromatic carbocycles. The van der Waals surface area contributed by atoms with Crippen molar-refractivity contribution in [3.05, 3.63) is 88.4 Å². The fourth-order valence-electron chi connectivity index (χ4n) is 5.86. The molecule has 0 radical (unpaired) electrons. The van der Waals surface area contributed by atoms with Gasteiger partial charge in [-0.2, -0.15) is 5.10 Å². The standard InChI is InChI=1S/C30H33FN6O3/c1-34-14-10-22(11-15-34)21-2-4-23(5-3-21)28(38)35-16-12-30(40,13-17-35)19-36-20-32-27-26(29(36)39)18-33-37(27)25-8-6-24(31)7-9-25/h2-9,18,20,22,40H,10-17,19H2,1H3. The molecule has 0 bridgehead atoms. The lowest BCUT2D eigenvalue weighted by molar-refractivity contribution is -0.0299. The Bertz CT molecular complexity index is 1560. The molecule has 9 nitrogen and oxygen atoms in total. The summed E-state index contributed by atoms with van der Waals surface area (Å²) in [6.45, 7) is 3.07. The Morgan fingerprint density at radius 2 is 1.70 bits per heavy atom. The maximum Gasteiger partial charge on any atom is 0.264 e. The van der Waals surface area contributed by atoms with Crippen molar-refractivity contribution >= 4 is 16.9 Å². The summed E-state index contributed by atoms with van der Waals surface area (Å²) in [6, 6.07) is 13.8. The predicted molar refractivity (Wildman–Crippen MR) is 149 cm³/mol. The lowest BCUT2D eigenvalue weighted by Gasteiger charge is -2.38. The van der Waals surface area contributed by atoms with Crippen LogP contribution in [0.3, 0.4) is 0 Å². The van der Waals surface area contributed by atoms with Gasteiger partial charge in [0, 0.05) is 18.7 Å². The average Bonchev–Trinajstić information content (AvgIpc) is 3.40. The molecule has 0 atom stereocenters. The van der Waals surface area contributed by atoms with Gasteiger partial charge in [0.05, 0.1) is 24.0 Å². The lowest BCUT2D eigenvalue weighted by atomic mass is 9.88. The van der Waals surface area contributed by atoms with Crippen LogP contribution in [-0.2, 0) is 6.54 Å². The van der Waals surface area contributed by atoms with E-state index in [1.807, 2.05) is 12.1 Å². The molecule has 6 rings (SSSR count). The average molecular weight is 545 g/mol. The van der Waals surface area contributed by atoms with E-state index in [2.05, 4.69) is 34.2 Å². The van der Waals surface area contributed by atoms with Gasteiger partial charge >= 0.3 is 0 Å². The maximum absolute atomic E-state index is 13.3. The van der Waals surface area contributed by atoms with E-state index in [9.17, 15) is 19.1 Å². The number of aromatic nitrogens is 4. The summed E-state index contributed by atoms with van der Waals surface area (Å²) >= 11 is 0. The molecule has 0 saturated carbocycles. The predicted octanol–water partition coefficient (Wildman–Crippen LogP) is 3.20. The van der Waals surface area contributed by atoms with E-state index in [0.717, 1.165) is 25.9 Å². The molecule has 10 heteroatoms. The van der Waals surface area contributed by atoms with Gasteiger partial charge in [-0.1, -0.05) is 12.1 Å². The van der Waals surface area contributed by atoms with Gasteiger partial charge in [-0.05, 0) is 93.7 Å². The quantitative estimate of drug-likeness (QED) is 0.415. The number of piperidine rings is 2. The topological polar surface area (TPSA) is 96.5 Å². The Morgan fingerprint density at radius 1 is 1.02 bits per heavy atom. The third kappa shape index (κ3) is 5.16. The van der Waals surface area contributed by atoms with Gasteiger partial charge in [0.1, 0.15) is 17.5 Å². The van der Waals surface area contributed by atoms with Gasteiger partial charge in [0.15, 0.2) is 5.65 Å². The zero-order valence-corrected chi connectivity index (χ0v) is 22.5. The van der Waals surface area contributed by atoms with E-state index < -0.39 is 5.60 Å². The lowest BCUT2D eigenvalue weighted by Crippen LogP contribution is -2.49. The second-order valence-electron chi connectivity index (χ2n) is 11.2. The number of hydrogen-bond acceptors (Lipinski definition) is 6. The molecule has 0 unspecified atom stereocenters. The first-order valence-electron chi connectivity index (χ1n) is 13.8. The number of likely N-dealkylation sites (tertiary alicyclic amines) is 2. The molecular formula is C30H33FN6O3. The number of hydrogen-bond donors (Lipinski definition) is 1. The molecule has 2 saturated heterocycles. The number of carbonyl (C=O) groups excluding carboxylic acids is 1. The summed E-state index contributed by atoms with van der Waals surface area (Å²) < 4.78 is 16.2. The minimum atomic E-state index is -1.14. The highest BCUT2D eigenvalue weighted by Gasteiger charge is 2.35. The molecule has 208 valence electrons. The smallest absolute Gasteiger partial charge is 0.264 e. The van der Waals surface area contributed by atoms with Crippen LogP contribution in [0.4, 0.5) is 4.39 Å². The second kappa shape index (κ2) is 10.6. The Hall–Kier alpha value is -3.89. The van der Waals surface area contributed by atoms with Crippen LogP contribution in [0.15, 0.2) is 65.8 Å². The van der Waals surface area contributed by atoms with Crippen LogP contribution < -0.4 is 5.56 Å². The van der Waals surface area contributed by atoms with Crippen LogP contribution in [0, 0.1) is 5.82 Å². The van der Waals surface area contributed by atoms with Gasteiger partial charge < -0.3 is 14.9 Å². The van der Waals surface area contributed by atoms with E-state index in [1.54, 1.807) is 17.0 Å². The number of carbonyl (C=O) groups is 1. The van der Waals surface area contributed by atoms with E-state index in [0.29, 0.717) is 54.1 Å². The van der Waals surface area contributed by atoms with E-state index in [-0.39, 0.29) is 23.8 Å². The van der Waals surface area contributed by atoms with Crippen LogP contribution in [0.5, 0.6) is 0 Å². The van der Waals surface area contributed by atoms with Crippen molar-refractivity contribution in [1.82, 2.24) is 29.1 Å². The molecule has 2 fully saturated rings. The molecule has 1 amide bonds. The van der Waals surface area contributed by atoms with Crippen LogP contribution in [0.25, 0.3) is 16.7 Å². The summed E-state index contributed by atoms with van der Waals surface area (Å²) in [4.78, 5) is 34.9. The van der Waals surface area contributed by atoms with Gasteiger partial charge in [-0.25, -0.2) is 14.1 Å². The molecule has 40 heavy (non-hydrogen) atoms. The Morgan fingerprint density at radius 3 is 2.38 bits per heavy atom. The Balaban J connectivity index is 1.10. The number of fused-ring (bicyclic) bond motifs is 1. The summed E-state index contributed by atoms with van der Waals surface area (Å²) in [6.07, 6.45) is 5.83. The SMILES string of the molecule is CN1CCC(c2ccc(C(=O)N3CCC(O)(Cn4cnc5c(cnn5-c5ccc(F)cc5)c4=O)CC3)cc2)CC1. The van der Waals surface area contributed by atoms with Crippen molar-refractivity contribution < 1.29 is 14.3 Å². The number of nitrogens with zero attached hydrogens (tertiary/aromatic N) is 6. The molecule has 2 aromatic heterocycles. The monoisotopic (exact) mass is 544 g/mol. The van der Waals surface area contributed by atoms with Gasteiger partial charge in [-0.3, -0.25) is 14.2 Å². The van der Waals surface area contributed by atoms with E-state index in [4.69, 9.17) is 0 Å². The summed E-state index contributed by atoms with van der Waals surface area (Å²) in [5.74, 6) is 0.141. The first-order chi connectivity index (χ1) is 19.3. The Labute approximate surface area is 231 Å². The molecular weight excluding hydrogens is 511 g/mol. The minimum absolute atomic E-state index is 0.0366. The van der Waals surface area contributed by atoms with Crippen molar-refractivity contribution in [3.8, 4) is 5.69 Å². The normalized spacial score (nSPS) is 18.3. The first-order valence-corrected chi connectivity index (χ1v) is 13.8. The molecule has 0 aliphatic carbocycles. The van der Waals surface area contributed by atoms with Crippen LogP contribution in [0.1, 0.15) is 47.5 Å². The maximum atomic E-state index is 13.3. The summed E-state index contributed by atoms with van der Waals surface area (Å²) in [7, 11) is 2.15. The highest BCUT2D eigenvalue weighted by atomic mass is 19.1. The number of halogens is 1. The van der Waals surface area contributed by atoms with E-state index >= 15 is 0 Å². The van der Waals surface area contributed by atoms with Gasteiger partial charge in [0.2, 0.25) is 0 Å². The third-order valence-corrected chi connectivity index (χ3v) is 8.42. The first kappa shape index (κ1) is 26.3. The highest BCUT2D eigenvalue weighted by Crippen LogP contribution is 2.29. The van der Waals surface area contributed by atoms with Crippen molar-refractivity contribution in [1.29, 1.82) is 0 Å². The Kier molecular flexibility index (Phi) is 6.97. The number of amides is 1. The fraction of sp³-hybridized carbons (Fsp3) is 0.400. The van der Waals surface area contributed by atoms with Crippen molar-refractivity contribution in [2.45, 2.75) is 43.7 Å². The number of benzene rings is 2. The molecule has 4 heterocycles. The summed E-state index contributed by atoms with van der Waals surface area (Å²) in [5, 5.41) is 15.9. The highest BCUT2D eigenvalue weighted by molar-refractivity contribution is 5.94. The largest absolute Gasteiger partial charge is 0.388 e. The third-order valence-electron chi connectivity index (χ3n) is 8.42. The zero-order chi connectivity index (χ0) is 27.9. The second-order valence-corrected chi connectivity index (χ2v) is 11.2. The molecule has 2 aliphatic heterocycles. The van der Waals surface area contributed by atoms with Crippen molar-refractivity contribution in [3.63, 3.8) is 0 Å². The van der Waals surface area contributed by atoms with Crippen LogP contribution in [0.2, 0.25) is 0 Å². The molecule has 2 aliphatic rings. The summed E-state index contributed by atoms with van der Waals surface area (Å²) in [5.41, 5.74) is 1.45. The van der Waals surface area contributed by atoms with Crippen molar-refractivity contribution in [2.24, 2.45) is 0 Å². The van der Waals surface area contributed by atoms with Crippen LogP contribution >= 0.6 is 0 Å². The number of aliphatic hydroxyl groups is 1. The minimum Gasteiger partial charge on any atom is -0.388 e. The molecule has 4 aromatic rings. The van der Waals surface area contributed by atoms with Gasteiger partial charge in [-0.15, -0.1) is 0 Å².